The highest BCUT2D eigenvalue weighted by Crippen LogP contribution is 2.27. The molecule has 2 fully saturated rings. The van der Waals surface area contributed by atoms with E-state index in [4.69, 9.17) is 4.74 Å². The van der Waals surface area contributed by atoms with Crippen molar-refractivity contribution in [2.75, 3.05) is 26.2 Å². The van der Waals surface area contributed by atoms with Gasteiger partial charge in [-0.1, -0.05) is 0 Å². The summed E-state index contributed by atoms with van der Waals surface area (Å²) in [6.45, 7) is 13.1. The van der Waals surface area contributed by atoms with Gasteiger partial charge in [0.15, 0.2) is 0 Å². The molecule has 2 aliphatic rings. The molecule has 1 heterocycles. The maximum atomic E-state index is 6.07. The van der Waals surface area contributed by atoms with Gasteiger partial charge in [-0.15, -0.1) is 0 Å². The first kappa shape index (κ1) is 12.3. The highest BCUT2D eigenvalue weighted by atomic mass is 16.5. The lowest BCUT2D eigenvalue weighted by atomic mass is 9.99. The third-order valence-corrected chi connectivity index (χ3v) is 3.20. The lowest BCUT2D eigenvalue weighted by molar-refractivity contribution is -0.180. The van der Waals surface area contributed by atoms with E-state index in [0.29, 0.717) is 0 Å². The lowest BCUT2D eigenvalue weighted by Crippen LogP contribution is -2.58. The van der Waals surface area contributed by atoms with Crippen molar-refractivity contribution in [2.24, 2.45) is 0 Å². The molecule has 2 rings (SSSR count). The molecule has 0 spiro atoms. The Kier molecular flexibility index (Phi) is 3.30. The van der Waals surface area contributed by atoms with Crippen LogP contribution in [-0.2, 0) is 4.74 Å². The number of hydrogen-bond acceptors (Lipinski definition) is 3. The Morgan fingerprint density at radius 1 is 1.12 bits per heavy atom. The fourth-order valence-electron chi connectivity index (χ4n) is 2.82. The summed E-state index contributed by atoms with van der Waals surface area (Å²) in [4.78, 5) is 2.53. The predicted molar refractivity (Wildman–Crippen MR) is 66.7 cm³/mol. The normalized spacial score (nSPS) is 29.2. The van der Waals surface area contributed by atoms with Crippen LogP contribution in [0.15, 0.2) is 0 Å². The van der Waals surface area contributed by atoms with Crippen molar-refractivity contribution in [3.05, 3.63) is 0 Å². The van der Waals surface area contributed by atoms with Crippen LogP contribution >= 0.6 is 0 Å². The van der Waals surface area contributed by atoms with Crippen molar-refractivity contribution >= 4 is 0 Å². The summed E-state index contributed by atoms with van der Waals surface area (Å²) in [5.41, 5.74) is -0.0251. The summed E-state index contributed by atoms with van der Waals surface area (Å²) >= 11 is 0. The first-order valence-corrected chi connectivity index (χ1v) is 6.52. The van der Waals surface area contributed by atoms with Crippen molar-refractivity contribution in [3.63, 3.8) is 0 Å². The van der Waals surface area contributed by atoms with Gasteiger partial charge in [0.2, 0.25) is 0 Å². The smallest absolute Gasteiger partial charge is 0.0760 e. The van der Waals surface area contributed by atoms with Crippen LogP contribution in [0, 0.1) is 0 Å². The second-order valence-electron chi connectivity index (χ2n) is 6.56. The average Bonchev–Trinajstić information content (AvgIpc) is 2.81. The minimum absolute atomic E-state index is 0.0126. The highest BCUT2D eigenvalue weighted by Gasteiger charge is 2.37. The van der Waals surface area contributed by atoms with Gasteiger partial charge in [-0.25, -0.2) is 0 Å². The molecule has 1 N–H and O–H groups in total. The Labute approximate surface area is 99.5 Å². The Hall–Kier alpha value is -0.120. The Bertz CT molecular complexity index is 230. The number of morpholine rings is 1. The van der Waals surface area contributed by atoms with E-state index in [2.05, 4.69) is 37.9 Å². The zero-order valence-electron chi connectivity index (χ0n) is 11.2. The van der Waals surface area contributed by atoms with Crippen molar-refractivity contribution in [1.82, 2.24) is 10.2 Å². The predicted octanol–water partition coefficient (Wildman–Crippen LogP) is 1.63. The second kappa shape index (κ2) is 4.28. The van der Waals surface area contributed by atoms with E-state index in [0.717, 1.165) is 32.2 Å². The van der Waals surface area contributed by atoms with Gasteiger partial charge in [0.05, 0.1) is 11.2 Å². The van der Waals surface area contributed by atoms with Crippen LogP contribution in [0.3, 0.4) is 0 Å². The Balaban J connectivity index is 1.78. The minimum Gasteiger partial charge on any atom is -0.367 e. The van der Waals surface area contributed by atoms with E-state index in [9.17, 15) is 0 Å². The summed E-state index contributed by atoms with van der Waals surface area (Å²) in [6.07, 6.45) is 2.75. The molecule has 0 radical (unpaired) electrons. The van der Waals surface area contributed by atoms with E-state index in [1.54, 1.807) is 0 Å². The molecule has 94 valence electrons. The van der Waals surface area contributed by atoms with Gasteiger partial charge in [0, 0.05) is 32.2 Å². The molecule has 1 aliphatic heterocycles. The molecule has 1 saturated heterocycles. The second-order valence-corrected chi connectivity index (χ2v) is 6.56. The van der Waals surface area contributed by atoms with Crippen LogP contribution < -0.4 is 5.32 Å². The van der Waals surface area contributed by atoms with Crippen molar-refractivity contribution in [3.8, 4) is 0 Å². The molecule has 16 heavy (non-hydrogen) atoms. The van der Waals surface area contributed by atoms with E-state index in [1.165, 1.54) is 12.8 Å². The number of nitrogens with zero attached hydrogens (tertiary/aromatic N) is 1. The van der Waals surface area contributed by atoms with Gasteiger partial charge < -0.3 is 10.1 Å². The number of rotatable bonds is 4. The standard InChI is InChI=1S/C13H26N2O/c1-12(2)9-15(10-13(3,4)16-12)8-7-14-11-5-6-11/h11,14H,5-10H2,1-4H3. The van der Waals surface area contributed by atoms with Crippen molar-refractivity contribution < 1.29 is 4.74 Å². The third-order valence-electron chi connectivity index (χ3n) is 3.20. The monoisotopic (exact) mass is 226 g/mol. The largest absolute Gasteiger partial charge is 0.367 e. The molecule has 0 aromatic heterocycles. The van der Waals surface area contributed by atoms with Gasteiger partial charge in [0.1, 0.15) is 0 Å². The molecule has 3 heteroatoms. The molecular weight excluding hydrogens is 200 g/mol. The molecule has 0 amide bonds. The molecule has 3 nitrogen and oxygen atoms in total. The first-order valence-electron chi connectivity index (χ1n) is 6.52. The van der Waals surface area contributed by atoms with E-state index < -0.39 is 0 Å². The number of ether oxygens (including phenoxy) is 1. The van der Waals surface area contributed by atoms with Crippen LogP contribution in [0.2, 0.25) is 0 Å². The van der Waals surface area contributed by atoms with Crippen LogP contribution in [0.4, 0.5) is 0 Å². The quantitative estimate of drug-likeness (QED) is 0.788. The molecule has 0 atom stereocenters. The first-order chi connectivity index (χ1) is 7.36. The number of hydrogen-bond donors (Lipinski definition) is 1. The fourth-order valence-corrected chi connectivity index (χ4v) is 2.82. The fraction of sp³-hybridized carbons (Fsp3) is 1.00. The maximum Gasteiger partial charge on any atom is 0.0760 e. The zero-order chi connectivity index (χ0) is 11.8. The Morgan fingerprint density at radius 3 is 2.19 bits per heavy atom. The zero-order valence-corrected chi connectivity index (χ0v) is 11.2. The SMILES string of the molecule is CC1(C)CN(CCNC2CC2)CC(C)(C)O1. The van der Waals surface area contributed by atoms with E-state index in [1.807, 2.05) is 0 Å². The lowest BCUT2D eigenvalue weighted by Gasteiger charge is -2.47. The van der Waals surface area contributed by atoms with E-state index in [-0.39, 0.29) is 11.2 Å². The van der Waals surface area contributed by atoms with Gasteiger partial charge in [-0.05, 0) is 40.5 Å². The number of nitrogens with one attached hydrogen (secondary N) is 1. The van der Waals surface area contributed by atoms with Crippen LogP contribution in [0.1, 0.15) is 40.5 Å². The Morgan fingerprint density at radius 2 is 1.69 bits per heavy atom. The molecule has 1 saturated carbocycles. The van der Waals surface area contributed by atoms with Crippen molar-refractivity contribution in [1.29, 1.82) is 0 Å². The van der Waals surface area contributed by atoms with Crippen molar-refractivity contribution in [2.45, 2.75) is 57.8 Å². The minimum atomic E-state index is -0.0126. The van der Waals surface area contributed by atoms with Crippen LogP contribution in [0.5, 0.6) is 0 Å². The van der Waals surface area contributed by atoms with Gasteiger partial charge in [0.25, 0.3) is 0 Å². The van der Waals surface area contributed by atoms with Gasteiger partial charge in [-0.3, -0.25) is 4.90 Å². The average molecular weight is 226 g/mol. The summed E-state index contributed by atoms with van der Waals surface area (Å²) < 4.78 is 6.07. The summed E-state index contributed by atoms with van der Waals surface area (Å²) in [7, 11) is 0. The van der Waals surface area contributed by atoms with Gasteiger partial charge >= 0.3 is 0 Å². The molecule has 0 aromatic rings. The summed E-state index contributed by atoms with van der Waals surface area (Å²) in [5, 5.41) is 3.58. The molecule has 0 bridgehead atoms. The molecular formula is C13H26N2O. The molecule has 0 aromatic carbocycles. The third kappa shape index (κ3) is 3.72. The summed E-state index contributed by atoms with van der Waals surface area (Å²) in [5.74, 6) is 0. The van der Waals surface area contributed by atoms with Gasteiger partial charge in [-0.2, -0.15) is 0 Å². The topological polar surface area (TPSA) is 24.5 Å². The molecule has 1 aliphatic carbocycles. The summed E-state index contributed by atoms with van der Waals surface area (Å²) in [6, 6.07) is 0.821. The molecule has 0 unspecified atom stereocenters. The van der Waals surface area contributed by atoms with Crippen LogP contribution in [-0.4, -0.2) is 48.3 Å². The maximum absolute atomic E-state index is 6.07. The van der Waals surface area contributed by atoms with Crippen LogP contribution in [0.25, 0.3) is 0 Å². The highest BCUT2D eigenvalue weighted by molar-refractivity contribution is 4.89. The van der Waals surface area contributed by atoms with E-state index >= 15 is 0 Å².